The third kappa shape index (κ3) is 2.75. The van der Waals surface area contributed by atoms with Gasteiger partial charge in [0.1, 0.15) is 0 Å². The van der Waals surface area contributed by atoms with Gasteiger partial charge in [0.2, 0.25) is 0 Å². The molecule has 1 aromatic rings. The minimum atomic E-state index is 0.763. The second-order valence-corrected chi connectivity index (χ2v) is 3.52. The second kappa shape index (κ2) is 5.06. The van der Waals surface area contributed by atoms with Crippen molar-refractivity contribution < 1.29 is 4.74 Å². The number of ether oxygens (including phenoxy) is 1. The second-order valence-electron chi connectivity index (χ2n) is 2.38. The lowest BCUT2D eigenvalue weighted by Crippen LogP contribution is -1.93. The zero-order valence-electron chi connectivity index (χ0n) is 7.12. The highest BCUT2D eigenvalue weighted by Gasteiger charge is 1.96. The van der Waals surface area contributed by atoms with Crippen LogP contribution in [0.4, 0.5) is 5.69 Å². The van der Waals surface area contributed by atoms with Crippen LogP contribution < -0.4 is 5.73 Å². The van der Waals surface area contributed by atoms with Crippen LogP contribution in [0.5, 0.6) is 0 Å². The molecule has 3 heteroatoms. The molecule has 0 radical (unpaired) electrons. The van der Waals surface area contributed by atoms with Crippen LogP contribution in [0.15, 0.2) is 29.2 Å². The molecule has 0 saturated heterocycles. The molecule has 2 N–H and O–H groups in total. The van der Waals surface area contributed by atoms with E-state index in [1.807, 2.05) is 24.3 Å². The molecule has 0 spiro atoms. The van der Waals surface area contributed by atoms with Crippen LogP contribution in [-0.2, 0) is 4.74 Å². The fraction of sp³-hybridized carbons (Fsp3) is 0.333. The average Bonchev–Trinajstić information content (AvgIpc) is 2.09. The maximum Gasteiger partial charge on any atom is 0.0556 e. The molecule has 0 bridgehead atoms. The van der Waals surface area contributed by atoms with Gasteiger partial charge in [-0.25, -0.2) is 0 Å². The number of benzene rings is 1. The van der Waals surface area contributed by atoms with E-state index in [1.165, 1.54) is 0 Å². The molecule has 0 saturated carbocycles. The van der Waals surface area contributed by atoms with Crippen molar-refractivity contribution in [1.29, 1.82) is 0 Å². The standard InChI is InChI=1S/C9H13NOS/c1-11-6-7-12-9-5-3-2-4-8(9)10/h2-5H,6-7,10H2,1H3. The monoisotopic (exact) mass is 183 g/mol. The molecule has 1 aromatic carbocycles. The fourth-order valence-electron chi connectivity index (χ4n) is 0.847. The van der Waals surface area contributed by atoms with Crippen LogP contribution in [0.2, 0.25) is 0 Å². The Hall–Kier alpha value is -0.670. The summed E-state index contributed by atoms with van der Waals surface area (Å²) in [4.78, 5) is 1.13. The summed E-state index contributed by atoms with van der Waals surface area (Å²) < 4.78 is 4.94. The first-order chi connectivity index (χ1) is 5.84. The molecule has 12 heavy (non-hydrogen) atoms. The fourth-order valence-corrected chi connectivity index (χ4v) is 1.73. The number of para-hydroxylation sites is 1. The van der Waals surface area contributed by atoms with Gasteiger partial charge >= 0.3 is 0 Å². The quantitative estimate of drug-likeness (QED) is 0.440. The van der Waals surface area contributed by atoms with Crippen molar-refractivity contribution in [1.82, 2.24) is 0 Å². The van der Waals surface area contributed by atoms with Crippen molar-refractivity contribution in [3.8, 4) is 0 Å². The molecule has 0 aliphatic carbocycles. The Morgan fingerprint density at radius 3 is 2.83 bits per heavy atom. The van der Waals surface area contributed by atoms with Crippen molar-refractivity contribution in [3.05, 3.63) is 24.3 Å². The smallest absolute Gasteiger partial charge is 0.0556 e. The number of anilines is 1. The van der Waals surface area contributed by atoms with Crippen LogP contribution in [0.25, 0.3) is 0 Å². The Kier molecular flexibility index (Phi) is 3.97. The minimum Gasteiger partial charge on any atom is -0.398 e. The summed E-state index contributed by atoms with van der Waals surface area (Å²) in [6.45, 7) is 0.763. The van der Waals surface area contributed by atoms with Gasteiger partial charge in [0.05, 0.1) is 6.61 Å². The number of hydrogen-bond acceptors (Lipinski definition) is 3. The summed E-state index contributed by atoms with van der Waals surface area (Å²) in [7, 11) is 1.70. The van der Waals surface area contributed by atoms with Crippen LogP contribution >= 0.6 is 11.8 Å². The van der Waals surface area contributed by atoms with Gasteiger partial charge in [0.25, 0.3) is 0 Å². The van der Waals surface area contributed by atoms with Crippen LogP contribution in [0.3, 0.4) is 0 Å². The Morgan fingerprint density at radius 1 is 1.42 bits per heavy atom. The molecule has 0 heterocycles. The molecule has 0 amide bonds. The van der Waals surface area contributed by atoms with E-state index in [0.717, 1.165) is 22.9 Å². The third-order valence-corrected chi connectivity index (χ3v) is 2.52. The molecule has 1 rings (SSSR count). The summed E-state index contributed by atoms with van der Waals surface area (Å²) in [5, 5.41) is 0. The number of hydrogen-bond donors (Lipinski definition) is 1. The Labute approximate surface area is 77.1 Å². The van der Waals surface area contributed by atoms with Gasteiger partial charge in [-0.05, 0) is 12.1 Å². The van der Waals surface area contributed by atoms with Crippen molar-refractivity contribution in [3.63, 3.8) is 0 Å². The highest BCUT2D eigenvalue weighted by Crippen LogP contribution is 2.23. The zero-order chi connectivity index (χ0) is 8.81. The van der Waals surface area contributed by atoms with Crippen molar-refractivity contribution in [2.24, 2.45) is 0 Å². The van der Waals surface area contributed by atoms with E-state index in [2.05, 4.69) is 0 Å². The minimum absolute atomic E-state index is 0.763. The molecule has 0 atom stereocenters. The van der Waals surface area contributed by atoms with Gasteiger partial charge in [-0.3, -0.25) is 0 Å². The molecular formula is C9H13NOS. The van der Waals surface area contributed by atoms with Gasteiger partial charge < -0.3 is 10.5 Å². The molecule has 2 nitrogen and oxygen atoms in total. The number of methoxy groups -OCH3 is 1. The highest BCUT2D eigenvalue weighted by molar-refractivity contribution is 7.99. The van der Waals surface area contributed by atoms with Crippen LogP contribution in [0, 0.1) is 0 Å². The summed E-state index contributed by atoms with van der Waals surface area (Å²) >= 11 is 1.72. The molecule has 0 aliphatic heterocycles. The van der Waals surface area contributed by atoms with Gasteiger partial charge in [-0.2, -0.15) is 0 Å². The zero-order valence-corrected chi connectivity index (χ0v) is 7.93. The molecule has 0 aromatic heterocycles. The first-order valence-corrected chi connectivity index (χ1v) is 4.79. The van der Waals surface area contributed by atoms with Gasteiger partial charge in [-0.1, -0.05) is 12.1 Å². The Balaban J connectivity index is 2.46. The normalized spacial score (nSPS) is 10.1. The van der Waals surface area contributed by atoms with E-state index in [1.54, 1.807) is 18.9 Å². The first-order valence-electron chi connectivity index (χ1n) is 3.81. The van der Waals surface area contributed by atoms with Crippen LogP contribution in [0.1, 0.15) is 0 Å². The van der Waals surface area contributed by atoms with E-state index in [-0.39, 0.29) is 0 Å². The van der Waals surface area contributed by atoms with Crippen molar-refractivity contribution in [2.75, 3.05) is 25.2 Å². The molecular weight excluding hydrogens is 170 g/mol. The number of thioether (sulfide) groups is 1. The summed E-state index contributed by atoms with van der Waals surface area (Å²) in [6.07, 6.45) is 0. The molecule has 0 unspecified atom stereocenters. The maximum atomic E-state index is 5.74. The lowest BCUT2D eigenvalue weighted by atomic mass is 10.3. The summed E-state index contributed by atoms with van der Waals surface area (Å²) in [5.41, 5.74) is 6.59. The largest absolute Gasteiger partial charge is 0.398 e. The molecule has 66 valence electrons. The maximum absolute atomic E-state index is 5.74. The summed E-state index contributed by atoms with van der Waals surface area (Å²) in [6, 6.07) is 7.87. The number of nitrogens with two attached hydrogens (primary N) is 1. The van der Waals surface area contributed by atoms with Crippen LogP contribution in [-0.4, -0.2) is 19.5 Å². The van der Waals surface area contributed by atoms with Crippen molar-refractivity contribution >= 4 is 17.4 Å². The lowest BCUT2D eigenvalue weighted by Gasteiger charge is -2.03. The Morgan fingerprint density at radius 2 is 2.17 bits per heavy atom. The van der Waals surface area contributed by atoms with E-state index >= 15 is 0 Å². The average molecular weight is 183 g/mol. The van der Waals surface area contributed by atoms with Crippen molar-refractivity contribution in [2.45, 2.75) is 4.90 Å². The predicted molar refractivity (Wildman–Crippen MR) is 53.5 cm³/mol. The van der Waals surface area contributed by atoms with E-state index in [9.17, 15) is 0 Å². The van der Waals surface area contributed by atoms with Gasteiger partial charge in [-0.15, -0.1) is 11.8 Å². The number of rotatable bonds is 4. The summed E-state index contributed by atoms with van der Waals surface area (Å²) in [5.74, 6) is 0.949. The Bertz CT molecular complexity index is 240. The van der Waals surface area contributed by atoms with Gasteiger partial charge in [0.15, 0.2) is 0 Å². The van der Waals surface area contributed by atoms with E-state index in [0.29, 0.717) is 0 Å². The topological polar surface area (TPSA) is 35.2 Å². The SMILES string of the molecule is COCCSc1ccccc1N. The highest BCUT2D eigenvalue weighted by atomic mass is 32.2. The lowest BCUT2D eigenvalue weighted by molar-refractivity contribution is 0.218. The predicted octanol–water partition coefficient (Wildman–Crippen LogP) is 2.01. The van der Waals surface area contributed by atoms with E-state index < -0.39 is 0 Å². The number of nitrogen functional groups attached to an aromatic ring is 1. The van der Waals surface area contributed by atoms with E-state index in [4.69, 9.17) is 10.5 Å². The first kappa shape index (κ1) is 9.42. The molecule has 0 fully saturated rings. The van der Waals surface area contributed by atoms with Gasteiger partial charge in [0, 0.05) is 23.4 Å². The molecule has 0 aliphatic rings. The third-order valence-electron chi connectivity index (χ3n) is 1.46.